The Hall–Kier alpha value is 0.310. The van der Waals surface area contributed by atoms with Gasteiger partial charge >= 0.3 is 0 Å². The van der Waals surface area contributed by atoms with Crippen LogP contribution in [0.4, 0.5) is 0 Å². The average Bonchev–Trinajstić information content (AvgIpc) is 2.10. The SMILES string of the molecule is CCNCCCSCC(C)CC. The smallest absolute Gasteiger partial charge is 0.00412 e. The van der Waals surface area contributed by atoms with Crippen molar-refractivity contribution in [3.8, 4) is 0 Å². The first-order valence-electron chi connectivity index (χ1n) is 5.09. The van der Waals surface area contributed by atoms with E-state index in [0.29, 0.717) is 0 Å². The Labute approximate surface area is 81.7 Å². The third kappa shape index (κ3) is 8.41. The first kappa shape index (κ1) is 12.3. The van der Waals surface area contributed by atoms with Gasteiger partial charge in [0.05, 0.1) is 0 Å². The van der Waals surface area contributed by atoms with Crippen LogP contribution in [0.5, 0.6) is 0 Å². The summed E-state index contributed by atoms with van der Waals surface area (Å²) in [5.41, 5.74) is 0. The van der Waals surface area contributed by atoms with E-state index < -0.39 is 0 Å². The molecule has 0 spiro atoms. The summed E-state index contributed by atoms with van der Waals surface area (Å²) in [5, 5.41) is 3.34. The van der Waals surface area contributed by atoms with Crippen LogP contribution in [-0.4, -0.2) is 24.6 Å². The van der Waals surface area contributed by atoms with Gasteiger partial charge in [0, 0.05) is 0 Å². The minimum atomic E-state index is 0.897. The fourth-order valence-electron chi connectivity index (χ4n) is 0.878. The van der Waals surface area contributed by atoms with E-state index in [-0.39, 0.29) is 0 Å². The van der Waals surface area contributed by atoms with Gasteiger partial charge in [0.2, 0.25) is 0 Å². The third-order valence-electron chi connectivity index (χ3n) is 1.99. The highest BCUT2D eigenvalue weighted by Gasteiger charge is 1.97. The molecule has 0 radical (unpaired) electrons. The summed E-state index contributed by atoms with van der Waals surface area (Å²) in [6, 6.07) is 0. The van der Waals surface area contributed by atoms with Crippen molar-refractivity contribution in [2.75, 3.05) is 24.6 Å². The highest BCUT2D eigenvalue weighted by molar-refractivity contribution is 7.99. The van der Waals surface area contributed by atoms with Crippen LogP contribution in [0, 0.1) is 5.92 Å². The number of hydrogen-bond donors (Lipinski definition) is 1. The molecule has 0 aliphatic rings. The second-order valence-corrected chi connectivity index (χ2v) is 4.45. The summed E-state index contributed by atoms with van der Waals surface area (Å²) in [7, 11) is 0. The molecule has 2 heteroatoms. The van der Waals surface area contributed by atoms with Crippen LogP contribution >= 0.6 is 11.8 Å². The Bertz CT molecular complexity index is 85.9. The molecule has 0 bridgehead atoms. The standard InChI is InChI=1S/C10H23NS/c1-4-10(3)9-12-8-6-7-11-5-2/h10-11H,4-9H2,1-3H3. The minimum absolute atomic E-state index is 0.897. The normalized spacial score (nSPS) is 13.2. The zero-order chi connectivity index (χ0) is 9.23. The van der Waals surface area contributed by atoms with Gasteiger partial charge < -0.3 is 5.32 Å². The third-order valence-corrected chi connectivity index (χ3v) is 3.37. The lowest BCUT2D eigenvalue weighted by molar-refractivity contribution is 0.636. The van der Waals surface area contributed by atoms with Gasteiger partial charge in [0.25, 0.3) is 0 Å². The Morgan fingerprint density at radius 2 is 2.08 bits per heavy atom. The Morgan fingerprint density at radius 3 is 2.67 bits per heavy atom. The lowest BCUT2D eigenvalue weighted by Gasteiger charge is -2.07. The van der Waals surface area contributed by atoms with Crippen molar-refractivity contribution in [2.24, 2.45) is 5.92 Å². The lowest BCUT2D eigenvalue weighted by atomic mass is 10.2. The summed E-state index contributed by atoms with van der Waals surface area (Å²) >= 11 is 2.10. The largest absolute Gasteiger partial charge is 0.317 e. The van der Waals surface area contributed by atoms with E-state index in [1.54, 1.807) is 0 Å². The molecule has 0 amide bonds. The van der Waals surface area contributed by atoms with Crippen molar-refractivity contribution >= 4 is 11.8 Å². The zero-order valence-electron chi connectivity index (χ0n) is 8.73. The van der Waals surface area contributed by atoms with Crippen LogP contribution < -0.4 is 5.32 Å². The lowest BCUT2D eigenvalue weighted by Crippen LogP contribution is -2.14. The van der Waals surface area contributed by atoms with Crippen molar-refractivity contribution < 1.29 is 0 Å². The Morgan fingerprint density at radius 1 is 1.33 bits per heavy atom. The quantitative estimate of drug-likeness (QED) is 0.589. The van der Waals surface area contributed by atoms with E-state index in [0.717, 1.165) is 12.5 Å². The van der Waals surface area contributed by atoms with Crippen molar-refractivity contribution in [3.05, 3.63) is 0 Å². The minimum Gasteiger partial charge on any atom is -0.317 e. The zero-order valence-corrected chi connectivity index (χ0v) is 9.54. The molecule has 0 aromatic rings. The first-order chi connectivity index (χ1) is 5.81. The predicted octanol–water partition coefficient (Wildman–Crippen LogP) is 2.77. The maximum Gasteiger partial charge on any atom is -0.00412 e. The predicted molar refractivity (Wildman–Crippen MR) is 59.9 cm³/mol. The Kier molecular flexibility index (Phi) is 9.64. The molecule has 0 aliphatic heterocycles. The van der Waals surface area contributed by atoms with Crippen molar-refractivity contribution in [1.82, 2.24) is 5.32 Å². The van der Waals surface area contributed by atoms with Crippen molar-refractivity contribution in [2.45, 2.75) is 33.6 Å². The van der Waals surface area contributed by atoms with Crippen molar-refractivity contribution in [1.29, 1.82) is 0 Å². The molecule has 1 atom stereocenters. The van der Waals surface area contributed by atoms with Gasteiger partial charge in [0.15, 0.2) is 0 Å². The van der Waals surface area contributed by atoms with Gasteiger partial charge in [-0.1, -0.05) is 27.2 Å². The molecule has 74 valence electrons. The number of thioether (sulfide) groups is 1. The molecule has 1 unspecified atom stereocenters. The summed E-state index contributed by atoms with van der Waals surface area (Å²) in [6.07, 6.45) is 2.63. The maximum atomic E-state index is 3.34. The summed E-state index contributed by atoms with van der Waals surface area (Å²) in [5.74, 6) is 3.55. The van der Waals surface area contributed by atoms with Crippen molar-refractivity contribution in [3.63, 3.8) is 0 Å². The Balaban J connectivity index is 2.90. The molecular formula is C10H23NS. The van der Waals surface area contributed by atoms with E-state index >= 15 is 0 Å². The van der Waals surface area contributed by atoms with Crippen LogP contribution in [0.1, 0.15) is 33.6 Å². The van der Waals surface area contributed by atoms with Crippen LogP contribution in [0.3, 0.4) is 0 Å². The van der Waals surface area contributed by atoms with Crippen LogP contribution in [-0.2, 0) is 0 Å². The first-order valence-corrected chi connectivity index (χ1v) is 6.25. The van der Waals surface area contributed by atoms with E-state index in [2.05, 4.69) is 37.8 Å². The molecule has 0 aliphatic carbocycles. The van der Waals surface area contributed by atoms with Gasteiger partial charge in [-0.15, -0.1) is 0 Å². The second-order valence-electron chi connectivity index (χ2n) is 3.30. The molecule has 0 fully saturated rings. The fraction of sp³-hybridized carbons (Fsp3) is 1.00. The van der Waals surface area contributed by atoms with Crippen LogP contribution in [0.25, 0.3) is 0 Å². The van der Waals surface area contributed by atoms with E-state index in [4.69, 9.17) is 0 Å². The van der Waals surface area contributed by atoms with Gasteiger partial charge in [-0.2, -0.15) is 11.8 Å². The van der Waals surface area contributed by atoms with Gasteiger partial charge in [0.1, 0.15) is 0 Å². The molecule has 0 aromatic heterocycles. The second kappa shape index (κ2) is 9.40. The average molecular weight is 189 g/mol. The summed E-state index contributed by atoms with van der Waals surface area (Å²) in [6.45, 7) is 9.05. The topological polar surface area (TPSA) is 12.0 Å². The molecule has 0 heterocycles. The fourth-order valence-corrected chi connectivity index (χ4v) is 2.03. The molecule has 1 nitrogen and oxygen atoms in total. The molecule has 0 rings (SSSR count). The van der Waals surface area contributed by atoms with Gasteiger partial charge in [-0.3, -0.25) is 0 Å². The van der Waals surface area contributed by atoms with E-state index in [1.165, 1.54) is 30.9 Å². The summed E-state index contributed by atoms with van der Waals surface area (Å²) < 4.78 is 0. The summed E-state index contributed by atoms with van der Waals surface area (Å²) in [4.78, 5) is 0. The molecule has 1 N–H and O–H groups in total. The van der Waals surface area contributed by atoms with E-state index in [9.17, 15) is 0 Å². The molecule has 0 saturated carbocycles. The molecular weight excluding hydrogens is 166 g/mol. The molecule has 12 heavy (non-hydrogen) atoms. The van der Waals surface area contributed by atoms with E-state index in [1.807, 2.05) is 0 Å². The number of nitrogens with one attached hydrogen (secondary N) is 1. The molecule has 0 aromatic carbocycles. The number of hydrogen-bond acceptors (Lipinski definition) is 2. The number of rotatable bonds is 8. The van der Waals surface area contributed by atoms with Gasteiger partial charge in [-0.05, 0) is 36.9 Å². The monoisotopic (exact) mass is 189 g/mol. The highest BCUT2D eigenvalue weighted by atomic mass is 32.2. The molecule has 0 saturated heterocycles. The highest BCUT2D eigenvalue weighted by Crippen LogP contribution is 2.11. The van der Waals surface area contributed by atoms with Crippen LogP contribution in [0.15, 0.2) is 0 Å². The maximum absolute atomic E-state index is 3.34. The van der Waals surface area contributed by atoms with Crippen LogP contribution in [0.2, 0.25) is 0 Å². The van der Waals surface area contributed by atoms with Gasteiger partial charge in [-0.25, -0.2) is 0 Å².